The second-order valence-electron chi connectivity index (χ2n) is 7.25. The van der Waals surface area contributed by atoms with E-state index in [0.29, 0.717) is 0 Å². The highest BCUT2D eigenvalue weighted by atomic mass is 16.6. The van der Waals surface area contributed by atoms with Gasteiger partial charge in [0.1, 0.15) is 5.60 Å². The van der Waals surface area contributed by atoms with Gasteiger partial charge in [-0.2, -0.15) is 0 Å². The Bertz CT molecular complexity index is 393. The number of nitrogens with one attached hydrogen (secondary N) is 1. The first kappa shape index (κ1) is 18.7. The summed E-state index contributed by atoms with van der Waals surface area (Å²) < 4.78 is 5.50. The van der Waals surface area contributed by atoms with Gasteiger partial charge in [0.05, 0.1) is 6.04 Å². The highest BCUT2D eigenvalue weighted by Crippen LogP contribution is 2.23. The van der Waals surface area contributed by atoms with Crippen LogP contribution in [0.25, 0.3) is 0 Å². The van der Waals surface area contributed by atoms with Gasteiger partial charge in [0.25, 0.3) is 0 Å². The molecule has 2 amide bonds. The largest absolute Gasteiger partial charge is 0.444 e. The third-order valence-electron chi connectivity index (χ3n) is 3.84. The summed E-state index contributed by atoms with van der Waals surface area (Å²) in [5.41, 5.74) is 4.79. The number of nitrogens with two attached hydrogens (primary N) is 1. The monoisotopic (exact) mass is 313 g/mol. The van der Waals surface area contributed by atoms with Crippen LogP contribution in [0.1, 0.15) is 60.3 Å². The zero-order valence-electron chi connectivity index (χ0n) is 14.5. The molecule has 0 bridgehead atoms. The Morgan fingerprint density at radius 2 is 1.95 bits per heavy atom. The molecule has 6 nitrogen and oxygen atoms in total. The summed E-state index contributed by atoms with van der Waals surface area (Å²) in [6.07, 6.45) is 3.64. The fraction of sp³-hybridized carbons (Fsp3) is 0.875. The van der Waals surface area contributed by atoms with Gasteiger partial charge in [-0.1, -0.05) is 0 Å². The zero-order valence-corrected chi connectivity index (χ0v) is 14.5. The Morgan fingerprint density at radius 3 is 2.50 bits per heavy atom. The van der Waals surface area contributed by atoms with Crippen LogP contribution in [-0.4, -0.2) is 47.2 Å². The number of amides is 2. The summed E-state index contributed by atoms with van der Waals surface area (Å²) in [6.45, 7) is 10.1. The van der Waals surface area contributed by atoms with Crippen LogP contribution in [0.15, 0.2) is 0 Å². The van der Waals surface area contributed by atoms with Gasteiger partial charge in [-0.25, -0.2) is 4.79 Å². The molecule has 0 aromatic heterocycles. The number of hydrogen-bond donors (Lipinski definition) is 2. The molecule has 1 aliphatic rings. The summed E-state index contributed by atoms with van der Waals surface area (Å²) in [5, 5.41) is 3.18. The Morgan fingerprint density at radius 1 is 1.32 bits per heavy atom. The number of hydrogen-bond acceptors (Lipinski definition) is 4. The SMILES string of the molecule is CC(CC1CCCCN1C(=O)OC(C)(C)C)NC(C)C(N)=O. The number of nitrogens with zero attached hydrogens (tertiary/aromatic N) is 1. The summed E-state index contributed by atoms with van der Waals surface area (Å²) in [5.74, 6) is -0.362. The summed E-state index contributed by atoms with van der Waals surface area (Å²) in [7, 11) is 0. The molecule has 0 spiro atoms. The second kappa shape index (κ2) is 7.81. The quantitative estimate of drug-likeness (QED) is 0.813. The van der Waals surface area contributed by atoms with Crippen LogP contribution in [0.5, 0.6) is 0 Å². The lowest BCUT2D eigenvalue weighted by molar-refractivity contribution is -0.119. The van der Waals surface area contributed by atoms with Gasteiger partial charge in [0, 0.05) is 18.6 Å². The Hall–Kier alpha value is -1.30. The van der Waals surface area contributed by atoms with Crippen molar-refractivity contribution in [3.8, 4) is 0 Å². The first-order valence-electron chi connectivity index (χ1n) is 8.15. The van der Waals surface area contributed by atoms with E-state index in [9.17, 15) is 9.59 Å². The number of likely N-dealkylation sites (tertiary alicyclic amines) is 1. The minimum Gasteiger partial charge on any atom is -0.444 e. The number of ether oxygens (including phenoxy) is 1. The molecule has 0 aromatic rings. The fourth-order valence-electron chi connectivity index (χ4n) is 2.79. The van der Waals surface area contributed by atoms with E-state index in [0.717, 1.165) is 32.2 Å². The first-order valence-corrected chi connectivity index (χ1v) is 8.15. The zero-order chi connectivity index (χ0) is 16.9. The van der Waals surface area contributed by atoms with Gasteiger partial charge in [0.15, 0.2) is 0 Å². The van der Waals surface area contributed by atoms with Crippen molar-refractivity contribution in [2.24, 2.45) is 5.73 Å². The highest BCUT2D eigenvalue weighted by Gasteiger charge is 2.31. The summed E-state index contributed by atoms with van der Waals surface area (Å²) in [4.78, 5) is 25.3. The maximum atomic E-state index is 12.3. The average Bonchev–Trinajstić information content (AvgIpc) is 2.36. The molecule has 22 heavy (non-hydrogen) atoms. The minimum atomic E-state index is -0.483. The number of carbonyl (C=O) groups excluding carboxylic acids is 2. The predicted octanol–water partition coefficient (Wildman–Crippen LogP) is 2.02. The number of primary amides is 1. The van der Waals surface area contributed by atoms with Crippen LogP contribution >= 0.6 is 0 Å². The fourth-order valence-corrected chi connectivity index (χ4v) is 2.79. The molecule has 3 unspecified atom stereocenters. The topological polar surface area (TPSA) is 84.7 Å². The lowest BCUT2D eigenvalue weighted by atomic mass is 9.96. The van der Waals surface area contributed by atoms with E-state index in [1.54, 1.807) is 6.92 Å². The molecular formula is C16H31N3O3. The van der Waals surface area contributed by atoms with Crippen molar-refractivity contribution in [1.82, 2.24) is 10.2 Å². The van der Waals surface area contributed by atoms with Gasteiger partial charge in [-0.05, 0) is 60.3 Å². The standard InChI is InChI=1S/C16H31N3O3/c1-11(18-12(2)14(17)20)10-13-8-6-7-9-19(13)15(21)22-16(3,4)5/h11-13,18H,6-10H2,1-5H3,(H2,17,20). The lowest BCUT2D eigenvalue weighted by Gasteiger charge is -2.38. The second-order valence-corrected chi connectivity index (χ2v) is 7.25. The van der Waals surface area contributed by atoms with Crippen molar-refractivity contribution in [1.29, 1.82) is 0 Å². The van der Waals surface area contributed by atoms with Crippen LogP contribution < -0.4 is 11.1 Å². The smallest absolute Gasteiger partial charge is 0.410 e. The molecule has 0 saturated carbocycles. The number of piperidine rings is 1. The number of carbonyl (C=O) groups is 2. The molecule has 0 aliphatic carbocycles. The average molecular weight is 313 g/mol. The Labute approximate surface area is 133 Å². The van der Waals surface area contributed by atoms with E-state index in [1.807, 2.05) is 32.6 Å². The van der Waals surface area contributed by atoms with Crippen molar-refractivity contribution in [3.05, 3.63) is 0 Å². The molecule has 128 valence electrons. The van der Waals surface area contributed by atoms with E-state index in [4.69, 9.17) is 10.5 Å². The summed E-state index contributed by atoms with van der Waals surface area (Å²) >= 11 is 0. The molecule has 1 saturated heterocycles. The normalized spacial score (nSPS) is 22.0. The third-order valence-corrected chi connectivity index (χ3v) is 3.84. The van der Waals surface area contributed by atoms with Crippen LogP contribution in [0.4, 0.5) is 4.79 Å². The van der Waals surface area contributed by atoms with Gasteiger partial charge >= 0.3 is 6.09 Å². The number of rotatable bonds is 5. The van der Waals surface area contributed by atoms with E-state index in [1.165, 1.54) is 0 Å². The Balaban J connectivity index is 2.61. The van der Waals surface area contributed by atoms with Gasteiger partial charge in [-0.3, -0.25) is 4.79 Å². The van der Waals surface area contributed by atoms with Crippen molar-refractivity contribution >= 4 is 12.0 Å². The maximum absolute atomic E-state index is 12.3. The molecule has 3 N–H and O–H groups in total. The van der Waals surface area contributed by atoms with E-state index in [-0.39, 0.29) is 30.1 Å². The van der Waals surface area contributed by atoms with Crippen LogP contribution in [-0.2, 0) is 9.53 Å². The van der Waals surface area contributed by atoms with Crippen LogP contribution in [0.3, 0.4) is 0 Å². The third kappa shape index (κ3) is 6.22. The van der Waals surface area contributed by atoms with E-state index >= 15 is 0 Å². The van der Waals surface area contributed by atoms with Crippen molar-refractivity contribution in [2.45, 2.75) is 84.0 Å². The van der Waals surface area contributed by atoms with Crippen LogP contribution in [0.2, 0.25) is 0 Å². The van der Waals surface area contributed by atoms with Gasteiger partial charge in [-0.15, -0.1) is 0 Å². The van der Waals surface area contributed by atoms with Crippen molar-refractivity contribution in [3.63, 3.8) is 0 Å². The Kier molecular flexibility index (Phi) is 6.66. The molecule has 1 heterocycles. The lowest BCUT2D eigenvalue weighted by Crippen LogP contribution is -2.50. The maximum Gasteiger partial charge on any atom is 0.410 e. The molecular weight excluding hydrogens is 282 g/mol. The molecule has 6 heteroatoms. The molecule has 3 atom stereocenters. The molecule has 0 radical (unpaired) electrons. The molecule has 1 aliphatic heterocycles. The highest BCUT2D eigenvalue weighted by molar-refractivity contribution is 5.79. The molecule has 1 rings (SSSR count). The molecule has 1 fully saturated rings. The van der Waals surface area contributed by atoms with E-state index < -0.39 is 5.60 Å². The first-order chi connectivity index (χ1) is 10.1. The van der Waals surface area contributed by atoms with Crippen molar-refractivity contribution in [2.75, 3.05) is 6.54 Å². The van der Waals surface area contributed by atoms with Crippen LogP contribution in [0, 0.1) is 0 Å². The van der Waals surface area contributed by atoms with Gasteiger partial charge in [0.2, 0.25) is 5.91 Å². The van der Waals surface area contributed by atoms with Crippen molar-refractivity contribution < 1.29 is 14.3 Å². The minimum absolute atomic E-state index is 0.107. The summed E-state index contributed by atoms with van der Waals surface area (Å²) in [6, 6.07) is -0.115. The van der Waals surface area contributed by atoms with Gasteiger partial charge < -0.3 is 20.7 Å². The predicted molar refractivity (Wildman–Crippen MR) is 86.5 cm³/mol. The molecule has 0 aromatic carbocycles. The van der Waals surface area contributed by atoms with E-state index in [2.05, 4.69) is 5.32 Å².